The van der Waals surface area contributed by atoms with Crippen LogP contribution in [-0.4, -0.2) is 76.1 Å². The number of hydrogen-bond acceptors (Lipinski definition) is 8. The predicted octanol–water partition coefficient (Wildman–Crippen LogP) is 1.85. The predicted molar refractivity (Wildman–Crippen MR) is 131 cm³/mol. The number of aliphatic hydroxyl groups is 1. The van der Waals surface area contributed by atoms with Crippen LogP contribution in [0.4, 0.5) is 5.95 Å². The quantitative estimate of drug-likeness (QED) is 0.387. The van der Waals surface area contributed by atoms with Gasteiger partial charge in [0.1, 0.15) is 0 Å². The first-order chi connectivity index (χ1) is 16.5. The Bertz CT molecular complexity index is 1490. The lowest BCUT2D eigenvalue weighted by atomic mass is 9.99. The summed E-state index contributed by atoms with van der Waals surface area (Å²) < 4.78 is 0.917. The van der Waals surface area contributed by atoms with Crippen LogP contribution in [0, 0.1) is 0 Å². The van der Waals surface area contributed by atoms with E-state index in [1.54, 1.807) is 6.20 Å². The van der Waals surface area contributed by atoms with Gasteiger partial charge in [-0.15, -0.1) is 11.3 Å². The second-order valence-electron chi connectivity index (χ2n) is 8.55. The van der Waals surface area contributed by atoms with E-state index in [2.05, 4.69) is 15.2 Å². The lowest BCUT2D eigenvalue weighted by molar-refractivity contribution is -0.122. The number of amides is 2. The maximum Gasteiger partial charge on any atom is 0.261 e. The smallest absolute Gasteiger partial charge is 0.261 e. The van der Waals surface area contributed by atoms with Crippen molar-refractivity contribution >= 4 is 61.4 Å². The maximum atomic E-state index is 13.1. The number of thiophene rings is 1. The number of aromatic amines is 1. The second-order valence-corrected chi connectivity index (χ2v) is 9.47. The van der Waals surface area contributed by atoms with Gasteiger partial charge in [0.05, 0.1) is 45.2 Å². The fourth-order valence-electron chi connectivity index (χ4n) is 4.69. The highest BCUT2D eigenvalue weighted by Crippen LogP contribution is 2.38. The summed E-state index contributed by atoms with van der Waals surface area (Å²) in [5, 5.41) is 14.9. The fraction of sp³-hybridized carbons (Fsp3) is 0.250. The van der Waals surface area contributed by atoms with Gasteiger partial charge in [0.15, 0.2) is 0 Å². The van der Waals surface area contributed by atoms with Crippen molar-refractivity contribution in [1.82, 2.24) is 25.2 Å². The monoisotopic (exact) mass is 474 g/mol. The summed E-state index contributed by atoms with van der Waals surface area (Å²) in [6.07, 6.45) is 1.77. The van der Waals surface area contributed by atoms with Crippen LogP contribution < -0.4 is 10.2 Å². The van der Waals surface area contributed by atoms with Gasteiger partial charge in [-0.25, -0.2) is 9.97 Å². The third kappa shape index (κ3) is 3.22. The maximum absolute atomic E-state index is 13.1. The SMILES string of the molecule is CN1CCN(c2nc(C3=C(c4c[nH]c5ccsc45)C(=O)NC3=O)c3ccccc3n2)CC1CO. The highest BCUT2D eigenvalue weighted by Gasteiger charge is 2.36. The van der Waals surface area contributed by atoms with E-state index in [0.29, 0.717) is 46.8 Å². The number of fused-ring (bicyclic) bond motifs is 2. The summed E-state index contributed by atoms with van der Waals surface area (Å²) in [5.41, 5.74) is 3.31. The number of H-pyrrole nitrogens is 1. The number of carbonyl (C=O) groups is 2. The average Bonchev–Trinajstić information content (AvgIpc) is 3.53. The third-order valence-electron chi connectivity index (χ3n) is 6.58. The summed E-state index contributed by atoms with van der Waals surface area (Å²) in [5.74, 6) is -0.416. The van der Waals surface area contributed by atoms with E-state index in [1.807, 2.05) is 47.7 Å². The topological polar surface area (TPSA) is 114 Å². The zero-order valence-electron chi connectivity index (χ0n) is 18.4. The number of nitrogens with zero attached hydrogens (tertiary/aromatic N) is 4. The Balaban J connectivity index is 1.57. The molecule has 4 aromatic rings. The van der Waals surface area contributed by atoms with Crippen molar-refractivity contribution in [3.05, 3.63) is 53.2 Å². The van der Waals surface area contributed by atoms with Crippen molar-refractivity contribution in [2.45, 2.75) is 6.04 Å². The van der Waals surface area contributed by atoms with Gasteiger partial charge >= 0.3 is 0 Å². The minimum absolute atomic E-state index is 0.0317. The number of rotatable bonds is 4. The number of aliphatic hydroxyl groups excluding tert-OH is 1. The number of imide groups is 1. The Morgan fingerprint density at radius 1 is 1.12 bits per heavy atom. The molecular weight excluding hydrogens is 452 g/mol. The number of carbonyl (C=O) groups excluding carboxylic acids is 2. The van der Waals surface area contributed by atoms with Crippen LogP contribution in [-0.2, 0) is 9.59 Å². The molecular formula is C24H22N6O3S. The van der Waals surface area contributed by atoms with Crippen LogP contribution in [0.1, 0.15) is 11.3 Å². The Morgan fingerprint density at radius 3 is 2.79 bits per heavy atom. The van der Waals surface area contributed by atoms with E-state index >= 15 is 0 Å². The molecule has 9 nitrogen and oxygen atoms in total. The third-order valence-corrected chi connectivity index (χ3v) is 7.53. The fourth-order valence-corrected chi connectivity index (χ4v) is 5.57. The van der Waals surface area contributed by atoms with Gasteiger partial charge < -0.3 is 15.0 Å². The molecule has 0 spiro atoms. The van der Waals surface area contributed by atoms with E-state index in [9.17, 15) is 14.7 Å². The van der Waals surface area contributed by atoms with Crippen molar-refractivity contribution in [2.75, 3.05) is 38.2 Å². The molecule has 1 atom stereocenters. The zero-order chi connectivity index (χ0) is 23.4. The second kappa shape index (κ2) is 8.01. The summed E-state index contributed by atoms with van der Waals surface area (Å²) in [6.45, 7) is 2.04. The molecule has 34 heavy (non-hydrogen) atoms. The van der Waals surface area contributed by atoms with E-state index in [1.165, 1.54) is 11.3 Å². The average molecular weight is 475 g/mol. The largest absolute Gasteiger partial charge is 0.395 e. The molecule has 2 aliphatic heterocycles. The van der Waals surface area contributed by atoms with Gasteiger partial charge in [-0.1, -0.05) is 18.2 Å². The van der Waals surface area contributed by atoms with Crippen LogP contribution in [0.15, 0.2) is 41.9 Å². The molecule has 1 fully saturated rings. The van der Waals surface area contributed by atoms with Gasteiger partial charge in [0.2, 0.25) is 5.95 Å². The molecule has 1 saturated heterocycles. The highest BCUT2D eigenvalue weighted by molar-refractivity contribution is 7.17. The normalized spacial score (nSPS) is 19.6. The highest BCUT2D eigenvalue weighted by atomic mass is 32.1. The molecule has 1 aromatic carbocycles. The van der Waals surface area contributed by atoms with E-state index in [0.717, 1.165) is 16.8 Å². The van der Waals surface area contributed by atoms with E-state index < -0.39 is 11.8 Å². The van der Waals surface area contributed by atoms with Gasteiger partial charge in [0.25, 0.3) is 11.8 Å². The van der Waals surface area contributed by atoms with Crippen molar-refractivity contribution in [2.24, 2.45) is 0 Å². The van der Waals surface area contributed by atoms with Crippen molar-refractivity contribution in [1.29, 1.82) is 0 Å². The molecule has 2 aliphatic rings. The molecule has 0 aliphatic carbocycles. The van der Waals surface area contributed by atoms with Crippen molar-refractivity contribution in [3.63, 3.8) is 0 Å². The minimum atomic E-state index is -0.465. The lowest BCUT2D eigenvalue weighted by Gasteiger charge is -2.38. The van der Waals surface area contributed by atoms with Gasteiger partial charge in [-0.05, 0) is 24.6 Å². The first-order valence-corrected chi connectivity index (χ1v) is 11.9. The molecule has 172 valence electrons. The standard InChI is InChI=1S/C24H22N6O3S/c1-29-7-8-30(11-13(29)12-31)24-26-16-5-3-2-4-14(16)20(27-24)19-18(22(32)28-23(19)33)15-10-25-17-6-9-34-21(15)17/h2-6,9-10,13,25,31H,7-8,11-12H2,1H3,(H,28,32,33). The number of likely N-dealkylation sites (N-methyl/N-ethyl adjacent to an activating group) is 1. The molecule has 3 aromatic heterocycles. The molecule has 5 heterocycles. The number of piperazine rings is 1. The summed E-state index contributed by atoms with van der Waals surface area (Å²) in [4.78, 5) is 43.1. The molecule has 2 amide bonds. The number of para-hydroxylation sites is 1. The van der Waals surface area contributed by atoms with Crippen molar-refractivity contribution in [3.8, 4) is 0 Å². The summed E-state index contributed by atoms with van der Waals surface area (Å²) in [6, 6.07) is 9.42. The number of benzene rings is 1. The van der Waals surface area contributed by atoms with Gasteiger partial charge in [-0.3, -0.25) is 19.8 Å². The number of aromatic nitrogens is 3. The molecule has 0 radical (unpaired) electrons. The zero-order valence-corrected chi connectivity index (χ0v) is 19.2. The Hall–Kier alpha value is -3.60. The Kier molecular flexibility index (Phi) is 4.94. The van der Waals surface area contributed by atoms with Crippen LogP contribution in [0.2, 0.25) is 0 Å². The summed E-state index contributed by atoms with van der Waals surface area (Å²) in [7, 11) is 1.98. The summed E-state index contributed by atoms with van der Waals surface area (Å²) >= 11 is 1.51. The Morgan fingerprint density at radius 2 is 1.94 bits per heavy atom. The molecule has 1 unspecified atom stereocenters. The molecule has 3 N–H and O–H groups in total. The number of anilines is 1. The first-order valence-electron chi connectivity index (χ1n) is 11.0. The van der Waals surface area contributed by atoms with E-state index in [-0.39, 0.29) is 18.2 Å². The molecule has 0 bridgehead atoms. The minimum Gasteiger partial charge on any atom is -0.395 e. The van der Waals surface area contributed by atoms with Crippen LogP contribution >= 0.6 is 11.3 Å². The van der Waals surface area contributed by atoms with E-state index in [4.69, 9.17) is 9.97 Å². The number of nitrogens with one attached hydrogen (secondary N) is 2. The first kappa shape index (κ1) is 21.0. The van der Waals surface area contributed by atoms with Gasteiger partial charge in [0, 0.05) is 36.8 Å². The van der Waals surface area contributed by atoms with Crippen LogP contribution in [0.5, 0.6) is 0 Å². The molecule has 0 saturated carbocycles. The van der Waals surface area contributed by atoms with Crippen LogP contribution in [0.25, 0.3) is 32.3 Å². The lowest BCUT2D eigenvalue weighted by Crippen LogP contribution is -2.53. The van der Waals surface area contributed by atoms with Gasteiger partial charge in [-0.2, -0.15) is 0 Å². The van der Waals surface area contributed by atoms with Crippen LogP contribution in [0.3, 0.4) is 0 Å². The van der Waals surface area contributed by atoms with Crippen molar-refractivity contribution < 1.29 is 14.7 Å². The molecule has 10 heteroatoms. The Labute approximate surface area is 198 Å². The molecule has 6 rings (SSSR count). The number of hydrogen-bond donors (Lipinski definition) is 3.